The van der Waals surface area contributed by atoms with Crippen molar-refractivity contribution in [2.45, 2.75) is 32.2 Å². The number of esters is 1. The number of amides is 1. The summed E-state index contributed by atoms with van der Waals surface area (Å²) in [5.41, 5.74) is 2.82. The zero-order valence-electron chi connectivity index (χ0n) is 15.9. The standard InChI is InChI=1S/C21H22N2O5/c1-14-10-11-16(23(26)27)12-18(14)21(25)28-13-20(24)22(2)19-9-5-7-15-6-3-4-8-17(15)19/h3-4,6,8,10-12,19H,5,7,9,13H2,1-2H3. The van der Waals surface area contributed by atoms with Gasteiger partial charge >= 0.3 is 5.97 Å². The number of hydrogen-bond donors (Lipinski definition) is 0. The van der Waals surface area contributed by atoms with Crippen LogP contribution in [-0.4, -0.2) is 35.4 Å². The van der Waals surface area contributed by atoms with Crippen LogP contribution in [0.3, 0.4) is 0 Å². The van der Waals surface area contributed by atoms with E-state index in [-0.39, 0.29) is 23.2 Å². The zero-order chi connectivity index (χ0) is 20.3. The molecule has 0 aliphatic heterocycles. The van der Waals surface area contributed by atoms with Crippen molar-refractivity contribution in [3.05, 3.63) is 74.8 Å². The number of likely N-dealkylation sites (N-methyl/N-ethyl adjacent to an activating group) is 1. The first-order valence-corrected chi connectivity index (χ1v) is 9.14. The molecule has 1 amide bonds. The third-order valence-corrected chi connectivity index (χ3v) is 5.18. The molecular formula is C21H22N2O5. The molecular weight excluding hydrogens is 360 g/mol. The zero-order valence-corrected chi connectivity index (χ0v) is 15.9. The van der Waals surface area contributed by atoms with Gasteiger partial charge in [-0.05, 0) is 42.9 Å². The molecule has 0 saturated heterocycles. The molecule has 0 N–H and O–H groups in total. The second-order valence-corrected chi connectivity index (χ2v) is 6.94. The molecule has 1 atom stereocenters. The lowest BCUT2D eigenvalue weighted by molar-refractivity contribution is -0.384. The minimum Gasteiger partial charge on any atom is -0.452 e. The molecule has 2 aromatic carbocycles. The fraction of sp³-hybridized carbons (Fsp3) is 0.333. The first-order chi connectivity index (χ1) is 13.4. The second-order valence-electron chi connectivity index (χ2n) is 6.94. The number of ether oxygens (including phenoxy) is 1. The van der Waals surface area contributed by atoms with Crippen LogP contribution >= 0.6 is 0 Å². The molecule has 0 aromatic heterocycles. The number of carbonyl (C=O) groups excluding carboxylic acids is 2. The molecule has 146 valence electrons. The van der Waals surface area contributed by atoms with Gasteiger partial charge in [0, 0.05) is 19.2 Å². The minimum absolute atomic E-state index is 0.0456. The average molecular weight is 382 g/mol. The first-order valence-electron chi connectivity index (χ1n) is 9.14. The highest BCUT2D eigenvalue weighted by molar-refractivity contribution is 5.93. The Morgan fingerprint density at radius 2 is 2.00 bits per heavy atom. The summed E-state index contributed by atoms with van der Waals surface area (Å²) in [6.07, 6.45) is 2.85. The molecule has 0 spiro atoms. The predicted molar refractivity (Wildman–Crippen MR) is 103 cm³/mol. The minimum atomic E-state index is -0.744. The van der Waals surface area contributed by atoms with E-state index in [4.69, 9.17) is 4.74 Å². The van der Waals surface area contributed by atoms with E-state index < -0.39 is 17.5 Å². The van der Waals surface area contributed by atoms with Gasteiger partial charge in [0.25, 0.3) is 11.6 Å². The number of hydrogen-bond acceptors (Lipinski definition) is 5. The fourth-order valence-electron chi connectivity index (χ4n) is 3.55. The van der Waals surface area contributed by atoms with Crippen LogP contribution in [0.1, 0.15) is 45.9 Å². The van der Waals surface area contributed by atoms with E-state index >= 15 is 0 Å². The van der Waals surface area contributed by atoms with E-state index in [0.717, 1.165) is 24.8 Å². The molecule has 1 aliphatic rings. The lowest BCUT2D eigenvalue weighted by Gasteiger charge is -2.33. The van der Waals surface area contributed by atoms with E-state index in [9.17, 15) is 19.7 Å². The predicted octanol–water partition coefficient (Wildman–Crippen LogP) is 3.60. The molecule has 0 bridgehead atoms. The number of nitro groups is 1. The monoisotopic (exact) mass is 382 g/mol. The van der Waals surface area contributed by atoms with Gasteiger partial charge in [0.2, 0.25) is 0 Å². The highest BCUT2D eigenvalue weighted by Crippen LogP contribution is 2.33. The van der Waals surface area contributed by atoms with Crippen molar-refractivity contribution < 1.29 is 19.2 Å². The third-order valence-electron chi connectivity index (χ3n) is 5.18. The number of nitro benzene ring substituents is 1. The van der Waals surface area contributed by atoms with Crippen LogP contribution in [-0.2, 0) is 16.0 Å². The Kier molecular flexibility index (Phi) is 5.73. The summed E-state index contributed by atoms with van der Waals surface area (Å²) in [5.74, 6) is -1.05. The molecule has 1 unspecified atom stereocenters. The third kappa shape index (κ3) is 4.03. The van der Waals surface area contributed by atoms with Gasteiger partial charge in [-0.25, -0.2) is 4.79 Å². The van der Waals surface area contributed by atoms with E-state index in [1.807, 2.05) is 18.2 Å². The molecule has 0 fully saturated rings. The summed E-state index contributed by atoms with van der Waals surface area (Å²) in [4.78, 5) is 36.9. The molecule has 0 saturated carbocycles. The molecule has 1 aliphatic carbocycles. The van der Waals surface area contributed by atoms with E-state index in [1.54, 1.807) is 18.9 Å². The summed E-state index contributed by atoms with van der Waals surface area (Å²) < 4.78 is 5.15. The first kappa shape index (κ1) is 19.5. The summed E-state index contributed by atoms with van der Waals surface area (Å²) in [7, 11) is 1.71. The highest BCUT2D eigenvalue weighted by atomic mass is 16.6. The molecule has 2 aromatic rings. The van der Waals surface area contributed by atoms with Crippen LogP contribution in [0.4, 0.5) is 5.69 Å². The van der Waals surface area contributed by atoms with Gasteiger partial charge in [-0.3, -0.25) is 14.9 Å². The van der Waals surface area contributed by atoms with Gasteiger partial charge in [-0.1, -0.05) is 30.3 Å². The van der Waals surface area contributed by atoms with Crippen molar-refractivity contribution in [2.75, 3.05) is 13.7 Å². The molecule has 0 radical (unpaired) electrons. The van der Waals surface area contributed by atoms with Crippen LogP contribution in [0.25, 0.3) is 0 Å². The number of aryl methyl sites for hydroxylation is 2. The Morgan fingerprint density at radius 3 is 2.75 bits per heavy atom. The molecule has 28 heavy (non-hydrogen) atoms. The van der Waals surface area contributed by atoms with Crippen LogP contribution in [0, 0.1) is 17.0 Å². The summed E-state index contributed by atoms with van der Waals surface area (Å²) in [5, 5.41) is 10.9. The number of fused-ring (bicyclic) bond motifs is 1. The summed E-state index contributed by atoms with van der Waals surface area (Å²) in [6.45, 7) is 1.25. The normalized spacial score (nSPS) is 15.4. The summed E-state index contributed by atoms with van der Waals surface area (Å²) in [6, 6.07) is 12.0. The highest BCUT2D eigenvalue weighted by Gasteiger charge is 2.27. The number of rotatable bonds is 5. The van der Waals surface area contributed by atoms with Gasteiger partial charge in [0.1, 0.15) is 0 Å². The number of non-ortho nitro benzene ring substituents is 1. The number of nitrogens with zero attached hydrogens (tertiary/aromatic N) is 2. The smallest absolute Gasteiger partial charge is 0.339 e. The Balaban J connectivity index is 1.67. The van der Waals surface area contributed by atoms with Crippen molar-refractivity contribution in [2.24, 2.45) is 0 Å². The quantitative estimate of drug-likeness (QED) is 0.448. The van der Waals surface area contributed by atoms with E-state index in [1.165, 1.54) is 23.8 Å². The van der Waals surface area contributed by atoms with Gasteiger partial charge in [-0.15, -0.1) is 0 Å². The van der Waals surface area contributed by atoms with Crippen LogP contribution in [0.15, 0.2) is 42.5 Å². The second kappa shape index (κ2) is 8.21. The van der Waals surface area contributed by atoms with Crippen LogP contribution in [0.5, 0.6) is 0 Å². The van der Waals surface area contributed by atoms with Crippen LogP contribution in [0.2, 0.25) is 0 Å². The van der Waals surface area contributed by atoms with E-state index in [2.05, 4.69) is 6.07 Å². The topological polar surface area (TPSA) is 89.7 Å². The maximum absolute atomic E-state index is 12.6. The fourth-order valence-corrected chi connectivity index (χ4v) is 3.55. The van der Waals surface area contributed by atoms with Crippen molar-refractivity contribution in [1.82, 2.24) is 4.90 Å². The van der Waals surface area contributed by atoms with E-state index in [0.29, 0.717) is 5.56 Å². The van der Waals surface area contributed by atoms with Crippen molar-refractivity contribution in [3.8, 4) is 0 Å². The van der Waals surface area contributed by atoms with Crippen molar-refractivity contribution >= 4 is 17.6 Å². The van der Waals surface area contributed by atoms with Gasteiger partial charge in [0.15, 0.2) is 6.61 Å². The van der Waals surface area contributed by atoms with Gasteiger partial charge in [-0.2, -0.15) is 0 Å². The average Bonchev–Trinajstić information content (AvgIpc) is 2.70. The van der Waals surface area contributed by atoms with Crippen molar-refractivity contribution in [3.63, 3.8) is 0 Å². The Bertz CT molecular complexity index is 925. The molecule has 3 rings (SSSR count). The Hall–Kier alpha value is -3.22. The number of carbonyl (C=O) groups is 2. The van der Waals surface area contributed by atoms with Gasteiger partial charge < -0.3 is 9.64 Å². The molecule has 0 heterocycles. The molecule has 7 heteroatoms. The van der Waals surface area contributed by atoms with Crippen LogP contribution < -0.4 is 0 Å². The lowest BCUT2D eigenvalue weighted by atomic mass is 9.87. The van der Waals surface area contributed by atoms with Crippen molar-refractivity contribution in [1.29, 1.82) is 0 Å². The SMILES string of the molecule is Cc1ccc([N+](=O)[O-])cc1C(=O)OCC(=O)N(C)C1CCCc2ccccc21. The maximum atomic E-state index is 12.6. The number of benzene rings is 2. The molecule has 7 nitrogen and oxygen atoms in total. The maximum Gasteiger partial charge on any atom is 0.339 e. The van der Waals surface area contributed by atoms with Gasteiger partial charge in [0.05, 0.1) is 16.5 Å². The largest absolute Gasteiger partial charge is 0.452 e. The Morgan fingerprint density at radius 1 is 1.25 bits per heavy atom. The Labute approximate surface area is 163 Å². The lowest BCUT2D eigenvalue weighted by Crippen LogP contribution is -2.36. The summed E-state index contributed by atoms with van der Waals surface area (Å²) >= 11 is 0.